The SMILES string of the molecule is Cc1ccc2c(-c3ccccc3)c3ccccc3c(-c3ccccc3)c2c1S(=O)(=O)[O-]. The van der Waals surface area contributed by atoms with Crippen molar-refractivity contribution in [2.75, 3.05) is 0 Å². The molecule has 0 amide bonds. The summed E-state index contributed by atoms with van der Waals surface area (Å²) in [7, 11) is -4.71. The van der Waals surface area contributed by atoms with Crippen LogP contribution in [0.3, 0.4) is 0 Å². The van der Waals surface area contributed by atoms with E-state index in [0.29, 0.717) is 10.9 Å². The van der Waals surface area contributed by atoms with Crippen LogP contribution in [0.15, 0.2) is 102 Å². The Morgan fingerprint density at radius 2 is 1.06 bits per heavy atom. The van der Waals surface area contributed by atoms with Gasteiger partial charge in [-0.05, 0) is 50.9 Å². The van der Waals surface area contributed by atoms with E-state index in [1.54, 1.807) is 13.0 Å². The Labute approximate surface area is 181 Å². The van der Waals surface area contributed by atoms with Gasteiger partial charge >= 0.3 is 0 Å². The highest BCUT2D eigenvalue weighted by Gasteiger charge is 2.22. The first-order valence-electron chi connectivity index (χ1n) is 10.0. The molecule has 152 valence electrons. The van der Waals surface area contributed by atoms with Crippen molar-refractivity contribution in [2.24, 2.45) is 0 Å². The maximum atomic E-state index is 12.5. The number of benzene rings is 5. The van der Waals surface area contributed by atoms with E-state index in [2.05, 4.69) is 6.07 Å². The number of rotatable bonds is 3. The molecule has 0 saturated carbocycles. The lowest BCUT2D eigenvalue weighted by atomic mass is 9.85. The summed E-state index contributed by atoms with van der Waals surface area (Å²) in [4.78, 5) is -0.146. The molecule has 3 nitrogen and oxygen atoms in total. The van der Waals surface area contributed by atoms with E-state index in [-0.39, 0.29) is 4.90 Å². The molecule has 5 rings (SSSR count). The first-order valence-corrected chi connectivity index (χ1v) is 11.4. The molecule has 0 atom stereocenters. The van der Waals surface area contributed by atoms with Crippen LogP contribution in [0, 0.1) is 6.92 Å². The van der Waals surface area contributed by atoms with Crippen LogP contribution in [-0.4, -0.2) is 13.0 Å². The van der Waals surface area contributed by atoms with Crippen molar-refractivity contribution in [2.45, 2.75) is 11.8 Å². The third-order valence-electron chi connectivity index (χ3n) is 5.71. The summed E-state index contributed by atoms with van der Waals surface area (Å²) < 4.78 is 37.4. The highest BCUT2D eigenvalue weighted by atomic mass is 32.2. The number of aryl methyl sites for hydroxylation is 1. The first kappa shape index (κ1) is 19.5. The Morgan fingerprint density at radius 3 is 1.61 bits per heavy atom. The number of hydrogen-bond acceptors (Lipinski definition) is 3. The van der Waals surface area contributed by atoms with Gasteiger partial charge in [0.25, 0.3) is 0 Å². The topological polar surface area (TPSA) is 57.2 Å². The lowest BCUT2D eigenvalue weighted by molar-refractivity contribution is 0.463. The molecule has 5 aromatic carbocycles. The largest absolute Gasteiger partial charge is 0.744 e. The van der Waals surface area contributed by atoms with Crippen LogP contribution in [0.25, 0.3) is 43.8 Å². The molecule has 0 aliphatic heterocycles. The van der Waals surface area contributed by atoms with Crippen molar-refractivity contribution in [3.05, 3.63) is 103 Å². The van der Waals surface area contributed by atoms with Crippen LogP contribution in [0.1, 0.15) is 5.56 Å². The zero-order chi connectivity index (χ0) is 21.6. The maximum absolute atomic E-state index is 12.5. The van der Waals surface area contributed by atoms with Crippen molar-refractivity contribution in [1.29, 1.82) is 0 Å². The predicted molar refractivity (Wildman–Crippen MR) is 125 cm³/mol. The molecule has 0 fully saturated rings. The van der Waals surface area contributed by atoms with Gasteiger partial charge in [0.1, 0.15) is 10.1 Å². The second-order valence-corrected chi connectivity index (χ2v) is 8.93. The van der Waals surface area contributed by atoms with Gasteiger partial charge in [-0.1, -0.05) is 97.1 Å². The highest BCUT2D eigenvalue weighted by Crippen LogP contribution is 2.46. The maximum Gasteiger partial charge on any atom is 0.125 e. The molecule has 0 unspecified atom stereocenters. The third-order valence-corrected chi connectivity index (χ3v) is 6.74. The first-order chi connectivity index (χ1) is 15.0. The molecule has 0 radical (unpaired) electrons. The van der Waals surface area contributed by atoms with Gasteiger partial charge in [0, 0.05) is 5.39 Å². The molecule has 0 heterocycles. The monoisotopic (exact) mass is 423 g/mol. The fraction of sp³-hybridized carbons (Fsp3) is 0.0370. The zero-order valence-electron chi connectivity index (χ0n) is 16.9. The van der Waals surface area contributed by atoms with Gasteiger partial charge in [0.2, 0.25) is 0 Å². The van der Waals surface area contributed by atoms with Crippen LogP contribution in [0.4, 0.5) is 0 Å². The lowest BCUT2D eigenvalue weighted by Gasteiger charge is -2.22. The summed E-state index contributed by atoms with van der Waals surface area (Å²) in [6, 6.07) is 31.2. The van der Waals surface area contributed by atoms with Crippen LogP contribution in [0.5, 0.6) is 0 Å². The molecule has 0 aliphatic rings. The second-order valence-electron chi connectivity index (χ2n) is 7.62. The quantitative estimate of drug-likeness (QED) is 0.245. The fourth-order valence-electron chi connectivity index (χ4n) is 4.48. The minimum absolute atomic E-state index is 0.146. The highest BCUT2D eigenvalue weighted by molar-refractivity contribution is 7.86. The summed E-state index contributed by atoms with van der Waals surface area (Å²) in [5.41, 5.74) is 3.99. The van der Waals surface area contributed by atoms with Crippen molar-refractivity contribution in [3.8, 4) is 22.3 Å². The predicted octanol–water partition coefficient (Wildman–Crippen LogP) is 6.54. The van der Waals surface area contributed by atoms with Crippen LogP contribution >= 0.6 is 0 Å². The summed E-state index contributed by atoms with van der Waals surface area (Å²) in [5, 5.41) is 3.16. The van der Waals surface area contributed by atoms with Gasteiger partial charge in [-0.3, -0.25) is 0 Å². The van der Waals surface area contributed by atoms with Gasteiger partial charge in [-0.25, -0.2) is 8.42 Å². The number of hydrogen-bond donors (Lipinski definition) is 0. The average Bonchev–Trinajstić information content (AvgIpc) is 2.77. The molecular formula is C27H19O3S-. The molecule has 0 N–H and O–H groups in total. The Bertz CT molecular complexity index is 1540. The molecule has 0 aromatic heterocycles. The average molecular weight is 424 g/mol. The van der Waals surface area contributed by atoms with Crippen LogP contribution in [-0.2, 0) is 10.1 Å². The van der Waals surface area contributed by atoms with E-state index in [0.717, 1.165) is 38.4 Å². The Morgan fingerprint density at radius 1 is 0.581 bits per heavy atom. The van der Waals surface area contributed by atoms with E-state index in [1.165, 1.54) is 0 Å². The number of fused-ring (bicyclic) bond motifs is 2. The van der Waals surface area contributed by atoms with Gasteiger partial charge in [-0.2, -0.15) is 0 Å². The minimum atomic E-state index is -4.71. The van der Waals surface area contributed by atoms with E-state index in [4.69, 9.17) is 0 Å². The molecular weight excluding hydrogens is 404 g/mol. The molecule has 0 saturated heterocycles. The summed E-state index contributed by atoms with van der Waals surface area (Å²) in [5.74, 6) is 0. The van der Waals surface area contributed by atoms with E-state index in [1.807, 2.05) is 84.9 Å². The summed E-state index contributed by atoms with van der Waals surface area (Å²) in [6.07, 6.45) is 0. The van der Waals surface area contributed by atoms with Gasteiger partial charge < -0.3 is 4.55 Å². The summed E-state index contributed by atoms with van der Waals surface area (Å²) >= 11 is 0. The van der Waals surface area contributed by atoms with Crippen LogP contribution in [0.2, 0.25) is 0 Å². The standard InChI is InChI=1S/C27H20O3S/c1-18-16-17-23-24(19-10-4-2-5-11-19)21-14-8-9-15-22(21)25(20-12-6-3-7-13-20)26(23)27(18)31(28,29)30/h2-17H,1H3,(H,28,29,30)/p-1. The van der Waals surface area contributed by atoms with Crippen molar-refractivity contribution in [3.63, 3.8) is 0 Å². The van der Waals surface area contributed by atoms with Crippen LogP contribution < -0.4 is 0 Å². The Hall–Kier alpha value is -3.47. The van der Waals surface area contributed by atoms with Crippen molar-refractivity contribution < 1.29 is 13.0 Å². The minimum Gasteiger partial charge on any atom is -0.744 e. The molecule has 5 aromatic rings. The third kappa shape index (κ3) is 3.21. The van der Waals surface area contributed by atoms with Gasteiger partial charge in [-0.15, -0.1) is 0 Å². The van der Waals surface area contributed by atoms with Crippen molar-refractivity contribution >= 4 is 31.7 Å². The summed E-state index contributed by atoms with van der Waals surface area (Å²) in [6.45, 7) is 1.68. The molecule has 31 heavy (non-hydrogen) atoms. The zero-order valence-corrected chi connectivity index (χ0v) is 17.7. The smallest absolute Gasteiger partial charge is 0.125 e. The van der Waals surface area contributed by atoms with E-state index < -0.39 is 10.1 Å². The molecule has 0 bridgehead atoms. The van der Waals surface area contributed by atoms with Gasteiger partial charge in [0.15, 0.2) is 0 Å². The molecule has 0 aliphatic carbocycles. The molecule has 0 spiro atoms. The van der Waals surface area contributed by atoms with E-state index in [9.17, 15) is 13.0 Å². The van der Waals surface area contributed by atoms with E-state index >= 15 is 0 Å². The van der Waals surface area contributed by atoms with Gasteiger partial charge in [0.05, 0.1) is 4.90 Å². The normalized spacial score (nSPS) is 11.8. The fourth-order valence-corrected chi connectivity index (χ4v) is 5.41. The molecule has 4 heteroatoms. The van der Waals surface area contributed by atoms with Crippen molar-refractivity contribution in [1.82, 2.24) is 0 Å². The Kier molecular flexibility index (Phi) is 4.62. The lowest BCUT2D eigenvalue weighted by Crippen LogP contribution is -2.04. The Balaban J connectivity index is 2.14. The second kappa shape index (κ2) is 7.34.